The normalized spacial score (nSPS) is 21.9. The fraction of sp³-hybridized carbons (Fsp3) is 0.444. The highest BCUT2D eigenvalue weighted by molar-refractivity contribution is 8.01. The van der Waals surface area contributed by atoms with Crippen LogP contribution in [0.2, 0.25) is 0 Å². The van der Waals surface area contributed by atoms with Gasteiger partial charge in [-0.3, -0.25) is 9.78 Å². The largest absolute Gasteiger partial charge is 0.459 e. The van der Waals surface area contributed by atoms with Gasteiger partial charge in [0, 0.05) is 36.8 Å². The lowest BCUT2D eigenvalue weighted by Gasteiger charge is -2.47. The second kappa shape index (κ2) is 6.26. The number of carbonyl (C=O) groups excluding carboxylic acids is 1. The van der Waals surface area contributed by atoms with Crippen molar-refractivity contribution in [3.63, 3.8) is 0 Å². The number of amides is 1. The van der Waals surface area contributed by atoms with Crippen LogP contribution < -0.4 is 0 Å². The van der Waals surface area contributed by atoms with Crippen molar-refractivity contribution in [2.45, 2.75) is 30.8 Å². The molecule has 0 aliphatic carbocycles. The minimum Gasteiger partial charge on any atom is -0.459 e. The molecule has 4 rings (SSSR count). The van der Waals surface area contributed by atoms with E-state index in [9.17, 15) is 4.79 Å². The van der Waals surface area contributed by atoms with Crippen molar-refractivity contribution in [3.8, 4) is 0 Å². The number of hydrogen-bond donors (Lipinski definition) is 0. The van der Waals surface area contributed by atoms with Crippen molar-refractivity contribution in [2.75, 3.05) is 18.8 Å². The van der Waals surface area contributed by atoms with Gasteiger partial charge in [-0.05, 0) is 37.1 Å². The molecule has 0 aromatic carbocycles. The molecule has 2 aliphatic rings. The summed E-state index contributed by atoms with van der Waals surface area (Å²) in [6.45, 7) is 4.09. The van der Waals surface area contributed by atoms with E-state index in [-0.39, 0.29) is 16.8 Å². The third kappa shape index (κ3) is 2.96. The number of pyridine rings is 1. The number of ether oxygens (including phenoxy) is 1. The number of thioether (sulfide) groups is 1. The van der Waals surface area contributed by atoms with E-state index in [0.717, 1.165) is 36.4 Å². The first-order valence-corrected chi connectivity index (χ1v) is 9.12. The standard InChI is InChI=1S/C18H20N2O3S/c1-13-4-7-22-16(13)17(21)20-11-18(12-20)8-15(10-24-18)23-9-14-2-5-19-6-3-14/h2-7,15H,8-12H2,1H3. The molecule has 126 valence electrons. The fourth-order valence-electron chi connectivity index (χ4n) is 3.35. The highest BCUT2D eigenvalue weighted by Gasteiger charge is 2.51. The first-order chi connectivity index (χ1) is 11.7. The van der Waals surface area contributed by atoms with Gasteiger partial charge in [0.15, 0.2) is 5.76 Å². The third-order valence-corrected chi connectivity index (χ3v) is 6.29. The molecule has 0 N–H and O–H groups in total. The number of carbonyl (C=O) groups is 1. The van der Waals surface area contributed by atoms with Gasteiger partial charge in [0.1, 0.15) is 0 Å². The Morgan fingerprint density at radius 1 is 1.42 bits per heavy atom. The summed E-state index contributed by atoms with van der Waals surface area (Å²) >= 11 is 1.94. The Balaban J connectivity index is 1.29. The summed E-state index contributed by atoms with van der Waals surface area (Å²) in [5.41, 5.74) is 2.05. The van der Waals surface area contributed by atoms with Crippen LogP contribution in [-0.4, -0.2) is 45.5 Å². The van der Waals surface area contributed by atoms with Gasteiger partial charge in [-0.1, -0.05) is 0 Å². The molecule has 5 nitrogen and oxygen atoms in total. The molecule has 2 saturated heterocycles. The Morgan fingerprint density at radius 2 is 2.21 bits per heavy atom. The van der Waals surface area contributed by atoms with Crippen LogP contribution in [0.4, 0.5) is 0 Å². The molecular formula is C18H20N2O3S. The minimum atomic E-state index is 0.00452. The Morgan fingerprint density at radius 3 is 2.92 bits per heavy atom. The zero-order valence-electron chi connectivity index (χ0n) is 13.6. The quantitative estimate of drug-likeness (QED) is 0.854. The number of likely N-dealkylation sites (tertiary alicyclic amines) is 1. The van der Waals surface area contributed by atoms with Crippen molar-refractivity contribution in [1.29, 1.82) is 0 Å². The van der Waals surface area contributed by atoms with Crippen LogP contribution >= 0.6 is 11.8 Å². The maximum Gasteiger partial charge on any atom is 0.289 e. The Bertz CT molecular complexity index is 725. The van der Waals surface area contributed by atoms with Gasteiger partial charge in [0.25, 0.3) is 5.91 Å². The number of furan rings is 1. The molecule has 1 unspecified atom stereocenters. The summed E-state index contributed by atoms with van der Waals surface area (Å²) in [5.74, 6) is 1.47. The SMILES string of the molecule is Cc1ccoc1C(=O)N1CC2(CC(OCc3ccncc3)CS2)C1. The molecule has 4 heterocycles. The van der Waals surface area contributed by atoms with Crippen LogP contribution in [0, 0.1) is 6.92 Å². The predicted octanol–water partition coefficient (Wildman–Crippen LogP) is 2.90. The van der Waals surface area contributed by atoms with Gasteiger partial charge in [0.05, 0.1) is 23.7 Å². The molecule has 2 fully saturated rings. The van der Waals surface area contributed by atoms with E-state index in [2.05, 4.69) is 4.98 Å². The molecule has 0 radical (unpaired) electrons. The maximum absolute atomic E-state index is 12.4. The Labute approximate surface area is 145 Å². The second-order valence-corrected chi connectivity index (χ2v) is 8.07. The lowest BCUT2D eigenvalue weighted by molar-refractivity contribution is 0.0243. The minimum absolute atomic E-state index is 0.00452. The van der Waals surface area contributed by atoms with Gasteiger partial charge in [-0.15, -0.1) is 11.8 Å². The molecule has 2 aromatic heterocycles. The predicted molar refractivity (Wildman–Crippen MR) is 92.0 cm³/mol. The van der Waals surface area contributed by atoms with Crippen LogP contribution in [0.1, 0.15) is 28.1 Å². The van der Waals surface area contributed by atoms with Gasteiger partial charge in [-0.25, -0.2) is 0 Å². The maximum atomic E-state index is 12.4. The zero-order valence-corrected chi connectivity index (χ0v) is 14.4. The van der Waals surface area contributed by atoms with E-state index in [0.29, 0.717) is 12.4 Å². The molecule has 2 aromatic rings. The van der Waals surface area contributed by atoms with E-state index >= 15 is 0 Å². The zero-order chi connectivity index (χ0) is 16.6. The van der Waals surface area contributed by atoms with E-state index in [4.69, 9.17) is 9.15 Å². The molecule has 2 aliphatic heterocycles. The van der Waals surface area contributed by atoms with E-state index in [1.807, 2.05) is 41.8 Å². The Hall–Kier alpha value is -1.79. The van der Waals surface area contributed by atoms with Crippen molar-refractivity contribution < 1.29 is 13.9 Å². The summed E-state index contributed by atoms with van der Waals surface area (Å²) in [6, 6.07) is 5.79. The number of hydrogen-bond acceptors (Lipinski definition) is 5. The fourth-order valence-corrected chi connectivity index (χ4v) is 4.90. The molecule has 1 atom stereocenters. The van der Waals surface area contributed by atoms with Gasteiger partial charge < -0.3 is 14.1 Å². The van der Waals surface area contributed by atoms with Crippen LogP contribution in [0.5, 0.6) is 0 Å². The van der Waals surface area contributed by atoms with Gasteiger partial charge >= 0.3 is 0 Å². The molecular weight excluding hydrogens is 324 g/mol. The summed E-state index contributed by atoms with van der Waals surface area (Å²) in [5, 5.41) is 0. The molecule has 24 heavy (non-hydrogen) atoms. The molecule has 0 saturated carbocycles. The highest BCUT2D eigenvalue weighted by Crippen LogP contribution is 2.46. The number of rotatable bonds is 4. The van der Waals surface area contributed by atoms with E-state index in [1.165, 1.54) is 0 Å². The van der Waals surface area contributed by atoms with Crippen molar-refractivity contribution in [3.05, 3.63) is 53.7 Å². The van der Waals surface area contributed by atoms with Crippen LogP contribution in [0.15, 0.2) is 41.3 Å². The smallest absolute Gasteiger partial charge is 0.289 e. The van der Waals surface area contributed by atoms with E-state index < -0.39 is 0 Å². The third-order valence-electron chi connectivity index (χ3n) is 4.71. The topological polar surface area (TPSA) is 55.6 Å². The number of aromatic nitrogens is 1. The first kappa shape index (κ1) is 15.7. The lowest BCUT2D eigenvalue weighted by Crippen LogP contribution is -2.60. The summed E-state index contributed by atoms with van der Waals surface area (Å²) in [6.07, 6.45) is 6.41. The second-order valence-electron chi connectivity index (χ2n) is 6.58. The van der Waals surface area contributed by atoms with Crippen molar-refractivity contribution in [1.82, 2.24) is 9.88 Å². The molecule has 1 spiro atoms. The average molecular weight is 344 g/mol. The average Bonchev–Trinajstić information content (AvgIpc) is 3.18. The van der Waals surface area contributed by atoms with Crippen LogP contribution in [0.3, 0.4) is 0 Å². The summed E-state index contributed by atoms with van der Waals surface area (Å²) in [7, 11) is 0. The lowest BCUT2D eigenvalue weighted by atomic mass is 9.92. The first-order valence-electron chi connectivity index (χ1n) is 8.13. The molecule has 6 heteroatoms. The van der Waals surface area contributed by atoms with Crippen LogP contribution in [0.25, 0.3) is 0 Å². The molecule has 1 amide bonds. The summed E-state index contributed by atoms with van der Waals surface area (Å²) in [4.78, 5) is 18.3. The number of aryl methyl sites for hydroxylation is 1. The number of nitrogens with zero attached hydrogens (tertiary/aromatic N) is 2. The monoisotopic (exact) mass is 344 g/mol. The van der Waals surface area contributed by atoms with E-state index in [1.54, 1.807) is 18.7 Å². The van der Waals surface area contributed by atoms with Crippen LogP contribution in [-0.2, 0) is 11.3 Å². The van der Waals surface area contributed by atoms with Gasteiger partial charge in [0.2, 0.25) is 0 Å². The van der Waals surface area contributed by atoms with Gasteiger partial charge in [-0.2, -0.15) is 0 Å². The Kier molecular flexibility index (Phi) is 4.10. The molecule has 0 bridgehead atoms. The van der Waals surface area contributed by atoms with Crippen molar-refractivity contribution >= 4 is 17.7 Å². The highest BCUT2D eigenvalue weighted by atomic mass is 32.2. The summed E-state index contributed by atoms with van der Waals surface area (Å²) < 4.78 is 11.5. The van der Waals surface area contributed by atoms with Crippen molar-refractivity contribution in [2.24, 2.45) is 0 Å².